The zero-order valence-corrected chi connectivity index (χ0v) is 12.7. The highest BCUT2D eigenvalue weighted by atomic mass is 35.5. The molecule has 0 saturated carbocycles. The van der Waals surface area contributed by atoms with Gasteiger partial charge in [-0.2, -0.15) is 0 Å². The summed E-state index contributed by atoms with van der Waals surface area (Å²) < 4.78 is 0. The number of hydrogen-bond donors (Lipinski definition) is 2. The quantitative estimate of drug-likeness (QED) is 0.844. The first-order chi connectivity index (χ1) is 10.1. The normalized spacial score (nSPS) is 10.6. The molecule has 0 unspecified atom stereocenters. The third-order valence-electron chi connectivity index (χ3n) is 3.19. The molecule has 2 aromatic carbocycles. The molecule has 0 heterocycles. The number of urea groups is 1. The largest absolute Gasteiger partial charge is 0.323 e. The molecule has 0 aliphatic rings. The van der Waals surface area contributed by atoms with E-state index < -0.39 is 0 Å². The Bertz CT molecular complexity index is 680. The van der Waals surface area contributed by atoms with Gasteiger partial charge in [0, 0.05) is 16.9 Å². The van der Waals surface area contributed by atoms with Crippen LogP contribution in [0.15, 0.2) is 48.7 Å². The van der Waals surface area contributed by atoms with Gasteiger partial charge in [0.15, 0.2) is 0 Å². The van der Waals surface area contributed by atoms with E-state index in [1.54, 1.807) is 18.3 Å². The summed E-state index contributed by atoms with van der Waals surface area (Å²) in [5.41, 5.74) is 3.94. The molecule has 0 bridgehead atoms. The van der Waals surface area contributed by atoms with Crippen LogP contribution >= 0.6 is 11.6 Å². The third-order valence-corrected chi connectivity index (χ3v) is 3.43. The van der Waals surface area contributed by atoms with Crippen LogP contribution in [-0.2, 0) is 0 Å². The van der Waals surface area contributed by atoms with Crippen molar-refractivity contribution in [2.45, 2.75) is 13.8 Å². The first kappa shape index (κ1) is 15.1. The highest BCUT2D eigenvalue weighted by Crippen LogP contribution is 2.17. The second-order valence-electron chi connectivity index (χ2n) is 4.73. The monoisotopic (exact) mass is 300 g/mol. The number of carbonyl (C=O) groups excluding carboxylic acids is 1. The highest BCUT2D eigenvalue weighted by molar-refractivity contribution is 6.30. The SMILES string of the molecule is Cc1cccc(NC(=O)N/C=C/c2cccc(Cl)c2)c1C. The van der Waals surface area contributed by atoms with Crippen molar-refractivity contribution in [3.63, 3.8) is 0 Å². The maximum absolute atomic E-state index is 11.8. The second-order valence-corrected chi connectivity index (χ2v) is 5.17. The molecular formula is C17H17ClN2O. The van der Waals surface area contributed by atoms with Crippen molar-refractivity contribution in [2.75, 3.05) is 5.32 Å². The van der Waals surface area contributed by atoms with E-state index in [1.807, 2.05) is 50.2 Å². The van der Waals surface area contributed by atoms with Gasteiger partial charge in [0.1, 0.15) is 0 Å². The summed E-state index contributed by atoms with van der Waals surface area (Å²) in [6.07, 6.45) is 3.38. The summed E-state index contributed by atoms with van der Waals surface area (Å²) in [7, 11) is 0. The predicted molar refractivity (Wildman–Crippen MR) is 88.6 cm³/mol. The van der Waals surface area contributed by atoms with Crippen LogP contribution in [0.2, 0.25) is 5.02 Å². The topological polar surface area (TPSA) is 41.1 Å². The van der Waals surface area contributed by atoms with Crippen molar-refractivity contribution in [2.24, 2.45) is 0 Å². The summed E-state index contributed by atoms with van der Waals surface area (Å²) in [6, 6.07) is 12.9. The fourth-order valence-electron chi connectivity index (χ4n) is 1.87. The van der Waals surface area contributed by atoms with E-state index in [9.17, 15) is 4.79 Å². The van der Waals surface area contributed by atoms with Crippen LogP contribution in [0.3, 0.4) is 0 Å². The molecule has 4 heteroatoms. The van der Waals surface area contributed by atoms with Gasteiger partial charge in [-0.15, -0.1) is 0 Å². The standard InChI is InChI=1S/C17H17ClN2O/c1-12-5-3-8-16(13(12)2)20-17(21)19-10-9-14-6-4-7-15(18)11-14/h3-11H,1-2H3,(H2,19,20,21)/b10-9+. The lowest BCUT2D eigenvalue weighted by Crippen LogP contribution is -2.24. The predicted octanol–water partition coefficient (Wildman–Crippen LogP) is 4.75. The molecule has 2 rings (SSSR count). The van der Waals surface area contributed by atoms with Gasteiger partial charge in [0.05, 0.1) is 0 Å². The Balaban J connectivity index is 1.95. The van der Waals surface area contributed by atoms with E-state index in [-0.39, 0.29) is 6.03 Å². The van der Waals surface area contributed by atoms with Gasteiger partial charge in [-0.1, -0.05) is 35.9 Å². The summed E-state index contributed by atoms with van der Waals surface area (Å²) in [6.45, 7) is 3.99. The van der Waals surface area contributed by atoms with Crippen molar-refractivity contribution in [3.8, 4) is 0 Å². The third kappa shape index (κ3) is 4.36. The molecule has 0 radical (unpaired) electrons. The molecule has 2 N–H and O–H groups in total. The first-order valence-corrected chi connectivity index (χ1v) is 7.00. The van der Waals surface area contributed by atoms with Gasteiger partial charge in [0.25, 0.3) is 0 Å². The lowest BCUT2D eigenvalue weighted by Gasteiger charge is -2.09. The van der Waals surface area contributed by atoms with Crippen LogP contribution < -0.4 is 10.6 Å². The number of carbonyl (C=O) groups is 1. The Labute approximate surface area is 129 Å². The van der Waals surface area contributed by atoms with Gasteiger partial charge >= 0.3 is 6.03 Å². The van der Waals surface area contributed by atoms with Crippen LogP contribution in [0.25, 0.3) is 6.08 Å². The molecule has 2 amide bonds. The van der Waals surface area contributed by atoms with Crippen LogP contribution in [0, 0.1) is 13.8 Å². The van der Waals surface area contributed by atoms with Crippen molar-refractivity contribution in [3.05, 3.63) is 70.4 Å². The minimum atomic E-state index is -0.276. The number of rotatable bonds is 3. The highest BCUT2D eigenvalue weighted by Gasteiger charge is 2.03. The molecule has 0 fully saturated rings. The molecule has 0 aromatic heterocycles. The molecule has 0 spiro atoms. The fraction of sp³-hybridized carbons (Fsp3) is 0.118. The Morgan fingerprint density at radius 2 is 1.90 bits per heavy atom. The molecule has 108 valence electrons. The smallest absolute Gasteiger partial charge is 0.314 e. The Kier molecular flexibility index (Phi) is 5.01. The number of amides is 2. The average Bonchev–Trinajstić information content (AvgIpc) is 2.44. The summed E-state index contributed by atoms with van der Waals surface area (Å²) >= 11 is 5.89. The minimum absolute atomic E-state index is 0.276. The summed E-state index contributed by atoms with van der Waals surface area (Å²) in [5.74, 6) is 0. The Morgan fingerprint density at radius 1 is 1.14 bits per heavy atom. The molecule has 0 atom stereocenters. The van der Waals surface area contributed by atoms with Crippen molar-refractivity contribution < 1.29 is 4.79 Å². The number of hydrogen-bond acceptors (Lipinski definition) is 1. The van der Waals surface area contributed by atoms with Crippen molar-refractivity contribution >= 4 is 29.4 Å². The van der Waals surface area contributed by atoms with Gasteiger partial charge in [0.2, 0.25) is 0 Å². The van der Waals surface area contributed by atoms with E-state index in [1.165, 1.54) is 0 Å². The Morgan fingerprint density at radius 3 is 2.67 bits per heavy atom. The van der Waals surface area contributed by atoms with E-state index in [0.717, 1.165) is 22.4 Å². The molecule has 0 aliphatic carbocycles. The Hall–Kier alpha value is -2.26. The molecular weight excluding hydrogens is 284 g/mol. The fourth-order valence-corrected chi connectivity index (χ4v) is 2.07. The lowest BCUT2D eigenvalue weighted by molar-refractivity contribution is 0.255. The van der Waals surface area contributed by atoms with Crippen LogP contribution in [0.5, 0.6) is 0 Å². The maximum Gasteiger partial charge on any atom is 0.323 e. The van der Waals surface area contributed by atoms with E-state index in [2.05, 4.69) is 10.6 Å². The average molecular weight is 301 g/mol. The number of anilines is 1. The molecule has 2 aromatic rings. The molecule has 3 nitrogen and oxygen atoms in total. The number of aryl methyl sites for hydroxylation is 1. The number of halogens is 1. The van der Waals surface area contributed by atoms with Crippen LogP contribution in [-0.4, -0.2) is 6.03 Å². The second kappa shape index (κ2) is 6.95. The maximum atomic E-state index is 11.8. The van der Waals surface area contributed by atoms with Crippen molar-refractivity contribution in [1.82, 2.24) is 5.32 Å². The lowest BCUT2D eigenvalue weighted by atomic mass is 10.1. The number of nitrogens with one attached hydrogen (secondary N) is 2. The van der Waals surface area contributed by atoms with Gasteiger partial charge < -0.3 is 10.6 Å². The zero-order valence-electron chi connectivity index (χ0n) is 12.0. The van der Waals surface area contributed by atoms with Gasteiger partial charge in [-0.05, 0) is 54.8 Å². The van der Waals surface area contributed by atoms with Gasteiger partial charge in [-0.3, -0.25) is 0 Å². The van der Waals surface area contributed by atoms with E-state index in [0.29, 0.717) is 5.02 Å². The van der Waals surface area contributed by atoms with Crippen molar-refractivity contribution in [1.29, 1.82) is 0 Å². The van der Waals surface area contributed by atoms with E-state index >= 15 is 0 Å². The summed E-state index contributed by atoms with van der Waals surface area (Å²) in [5, 5.41) is 6.16. The first-order valence-electron chi connectivity index (χ1n) is 6.62. The molecule has 21 heavy (non-hydrogen) atoms. The van der Waals surface area contributed by atoms with Gasteiger partial charge in [-0.25, -0.2) is 4.79 Å². The zero-order chi connectivity index (χ0) is 15.2. The summed E-state index contributed by atoms with van der Waals surface area (Å²) in [4.78, 5) is 11.8. The number of benzene rings is 2. The molecule has 0 saturated heterocycles. The molecule has 0 aliphatic heterocycles. The van der Waals surface area contributed by atoms with Crippen LogP contribution in [0.4, 0.5) is 10.5 Å². The van der Waals surface area contributed by atoms with E-state index in [4.69, 9.17) is 11.6 Å². The van der Waals surface area contributed by atoms with Crippen LogP contribution in [0.1, 0.15) is 16.7 Å². The minimum Gasteiger partial charge on any atom is -0.314 e.